The number of esters is 1. The van der Waals surface area contributed by atoms with Crippen LogP contribution >= 0.6 is 0 Å². The molecule has 8 nitrogen and oxygen atoms in total. The van der Waals surface area contributed by atoms with Gasteiger partial charge in [0.15, 0.2) is 0 Å². The van der Waals surface area contributed by atoms with Gasteiger partial charge in [0.1, 0.15) is 0 Å². The number of hydrogen-bond acceptors (Lipinski definition) is 6. The van der Waals surface area contributed by atoms with E-state index < -0.39 is 16.0 Å². The number of nitriles is 1. The molecule has 9 heteroatoms. The highest BCUT2D eigenvalue weighted by Crippen LogP contribution is 2.15. The van der Waals surface area contributed by atoms with Gasteiger partial charge in [-0.25, -0.2) is 12.7 Å². The minimum atomic E-state index is -3.58. The van der Waals surface area contributed by atoms with Crippen LogP contribution in [0.5, 0.6) is 0 Å². The molecule has 1 rings (SSSR count). The van der Waals surface area contributed by atoms with Crippen LogP contribution in [-0.4, -0.2) is 63.3 Å². The summed E-state index contributed by atoms with van der Waals surface area (Å²) in [4.78, 5) is 25.6. The van der Waals surface area contributed by atoms with Crippen LogP contribution in [0.4, 0.5) is 0 Å². The quantitative estimate of drug-likeness (QED) is 0.596. The normalized spacial score (nSPS) is 11.0. The molecule has 0 aliphatic carbocycles. The third-order valence-corrected chi connectivity index (χ3v) is 5.38. The van der Waals surface area contributed by atoms with Crippen LogP contribution in [0.1, 0.15) is 30.1 Å². The van der Waals surface area contributed by atoms with Gasteiger partial charge in [-0.05, 0) is 31.2 Å². The molecule has 0 radical (unpaired) electrons. The van der Waals surface area contributed by atoms with Crippen molar-refractivity contribution in [2.75, 3.05) is 33.8 Å². The van der Waals surface area contributed by atoms with Crippen LogP contribution in [0.25, 0.3) is 0 Å². The summed E-state index contributed by atoms with van der Waals surface area (Å²) in [6.45, 7) is 2.25. The number of benzene rings is 1. The molecular weight excluding hydrogens is 358 g/mol. The van der Waals surface area contributed by atoms with Gasteiger partial charge in [-0.15, -0.1) is 0 Å². The Labute approximate surface area is 154 Å². The van der Waals surface area contributed by atoms with Gasteiger partial charge in [-0.1, -0.05) is 0 Å². The highest BCUT2D eigenvalue weighted by atomic mass is 32.2. The molecule has 0 saturated heterocycles. The predicted molar refractivity (Wildman–Crippen MR) is 94.7 cm³/mol. The maximum Gasteiger partial charge on any atom is 0.307 e. The smallest absolute Gasteiger partial charge is 0.307 e. The number of hydrogen-bond donors (Lipinski definition) is 0. The second kappa shape index (κ2) is 9.89. The molecule has 0 aliphatic heterocycles. The lowest BCUT2D eigenvalue weighted by Crippen LogP contribution is -2.34. The van der Waals surface area contributed by atoms with Crippen LogP contribution in [0, 0.1) is 11.3 Å². The third kappa shape index (κ3) is 5.82. The predicted octanol–water partition coefficient (Wildman–Crippen LogP) is 1.25. The van der Waals surface area contributed by atoms with Gasteiger partial charge in [0, 0.05) is 32.7 Å². The fourth-order valence-corrected chi connectivity index (χ4v) is 3.02. The van der Waals surface area contributed by atoms with Gasteiger partial charge in [-0.2, -0.15) is 5.26 Å². The van der Waals surface area contributed by atoms with Crippen LogP contribution in [-0.2, 0) is 19.6 Å². The highest BCUT2D eigenvalue weighted by molar-refractivity contribution is 7.89. The number of rotatable bonds is 9. The summed E-state index contributed by atoms with van der Waals surface area (Å²) in [6.07, 6.45) is 0.153. The second-order valence-electron chi connectivity index (χ2n) is 5.57. The monoisotopic (exact) mass is 381 g/mol. The van der Waals surface area contributed by atoms with Crippen molar-refractivity contribution in [3.05, 3.63) is 29.8 Å². The Morgan fingerprint density at radius 2 is 1.77 bits per heavy atom. The van der Waals surface area contributed by atoms with E-state index in [-0.39, 0.29) is 48.9 Å². The van der Waals surface area contributed by atoms with Crippen molar-refractivity contribution < 1.29 is 22.7 Å². The van der Waals surface area contributed by atoms with Crippen molar-refractivity contribution in [1.29, 1.82) is 5.26 Å². The number of sulfonamides is 1. The molecule has 1 aromatic rings. The molecule has 0 atom stereocenters. The number of carbonyl (C=O) groups excluding carboxylic acids is 2. The van der Waals surface area contributed by atoms with E-state index in [0.717, 1.165) is 4.31 Å². The van der Waals surface area contributed by atoms with Gasteiger partial charge in [0.2, 0.25) is 10.0 Å². The van der Waals surface area contributed by atoms with E-state index in [0.29, 0.717) is 0 Å². The van der Waals surface area contributed by atoms with E-state index in [1.54, 1.807) is 6.92 Å². The Kier molecular flexibility index (Phi) is 8.22. The zero-order valence-electron chi connectivity index (χ0n) is 15.1. The Bertz CT molecular complexity index is 767. The molecule has 0 spiro atoms. The van der Waals surface area contributed by atoms with Crippen molar-refractivity contribution in [3.63, 3.8) is 0 Å². The average Bonchev–Trinajstić information content (AvgIpc) is 2.61. The molecule has 0 N–H and O–H groups in total. The van der Waals surface area contributed by atoms with Crippen molar-refractivity contribution in [3.8, 4) is 6.07 Å². The third-order valence-electron chi connectivity index (χ3n) is 3.55. The summed E-state index contributed by atoms with van der Waals surface area (Å²) in [5, 5.41) is 8.76. The van der Waals surface area contributed by atoms with Gasteiger partial charge in [0.25, 0.3) is 5.91 Å². The standard InChI is InChI=1S/C17H23N3O5S/c1-4-25-16(21)10-13-20(12-5-11-18)17(22)14-6-8-15(9-7-14)26(23,24)19(2)3/h6-9H,4-5,10,12-13H2,1-3H3. The Morgan fingerprint density at radius 1 is 1.15 bits per heavy atom. The fraction of sp³-hybridized carbons (Fsp3) is 0.471. The van der Waals surface area contributed by atoms with E-state index in [4.69, 9.17) is 10.00 Å². The van der Waals surface area contributed by atoms with E-state index in [2.05, 4.69) is 0 Å². The maximum absolute atomic E-state index is 12.6. The zero-order valence-corrected chi connectivity index (χ0v) is 16.0. The number of ether oxygens (including phenoxy) is 1. The lowest BCUT2D eigenvalue weighted by atomic mass is 10.2. The van der Waals surface area contributed by atoms with Crippen molar-refractivity contribution >= 4 is 21.9 Å². The van der Waals surface area contributed by atoms with Gasteiger partial charge < -0.3 is 9.64 Å². The van der Waals surface area contributed by atoms with Crippen molar-refractivity contribution in [2.45, 2.75) is 24.7 Å². The molecule has 1 amide bonds. The van der Waals surface area contributed by atoms with Crippen molar-refractivity contribution in [2.24, 2.45) is 0 Å². The van der Waals surface area contributed by atoms with Crippen LogP contribution < -0.4 is 0 Å². The zero-order chi connectivity index (χ0) is 19.7. The molecule has 0 aromatic heterocycles. The first-order chi connectivity index (χ1) is 12.2. The largest absolute Gasteiger partial charge is 0.466 e. The molecule has 0 heterocycles. The summed E-state index contributed by atoms with van der Waals surface area (Å²) >= 11 is 0. The number of nitrogens with zero attached hydrogens (tertiary/aromatic N) is 3. The van der Waals surface area contributed by atoms with Crippen LogP contribution in [0.15, 0.2) is 29.2 Å². The van der Waals surface area contributed by atoms with E-state index >= 15 is 0 Å². The summed E-state index contributed by atoms with van der Waals surface area (Å²) in [5.74, 6) is -0.798. The lowest BCUT2D eigenvalue weighted by Gasteiger charge is -2.21. The van der Waals surface area contributed by atoms with Crippen LogP contribution in [0.2, 0.25) is 0 Å². The topological polar surface area (TPSA) is 108 Å². The summed E-state index contributed by atoms with van der Waals surface area (Å²) in [6, 6.07) is 7.52. The first kappa shape index (κ1) is 21.6. The molecule has 0 saturated carbocycles. The van der Waals surface area contributed by atoms with Crippen LogP contribution in [0.3, 0.4) is 0 Å². The molecule has 26 heavy (non-hydrogen) atoms. The van der Waals surface area contributed by atoms with E-state index in [1.807, 2.05) is 6.07 Å². The minimum absolute atomic E-state index is 0.0259. The molecule has 0 fully saturated rings. The van der Waals surface area contributed by atoms with Gasteiger partial charge >= 0.3 is 5.97 Å². The molecule has 0 bridgehead atoms. The Balaban J connectivity index is 2.93. The van der Waals surface area contributed by atoms with Gasteiger partial charge in [-0.3, -0.25) is 9.59 Å². The molecule has 0 aliphatic rings. The average molecular weight is 381 g/mol. The van der Waals surface area contributed by atoms with E-state index in [9.17, 15) is 18.0 Å². The number of carbonyl (C=O) groups is 2. The molecule has 142 valence electrons. The minimum Gasteiger partial charge on any atom is -0.466 e. The summed E-state index contributed by atoms with van der Waals surface area (Å²) in [5.41, 5.74) is 0.282. The molecule has 1 aromatic carbocycles. The first-order valence-corrected chi connectivity index (χ1v) is 9.52. The molecular formula is C17H23N3O5S. The summed E-state index contributed by atoms with van der Waals surface area (Å²) in [7, 11) is -0.729. The second-order valence-corrected chi connectivity index (χ2v) is 7.72. The van der Waals surface area contributed by atoms with Gasteiger partial charge in [0.05, 0.1) is 30.4 Å². The Morgan fingerprint density at radius 3 is 2.27 bits per heavy atom. The van der Waals surface area contributed by atoms with E-state index in [1.165, 1.54) is 43.3 Å². The Hall–Kier alpha value is -2.44. The number of amides is 1. The maximum atomic E-state index is 12.6. The summed E-state index contributed by atoms with van der Waals surface area (Å²) < 4.78 is 30.1. The first-order valence-electron chi connectivity index (χ1n) is 8.08. The highest BCUT2D eigenvalue weighted by Gasteiger charge is 2.20. The lowest BCUT2D eigenvalue weighted by molar-refractivity contribution is -0.143. The fourth-order valence-electron chi connectivity index (χ4n) is 2.12. The SMILES string of the molecule is CCOC(=O)CCN(CCC#N)C(=O)c1ccc(S(=O)(=O)N(C)C)cc1. The molecule has 0 unspecified atom stereocenters. The van der Waals surface area contributed by atoms with Crippen molar-refractivity contribution in [1.82, 2.24) is 9.21 Å².